The molecule has 0 spiro atoms. The number of fused-ring (bicyclic) bond motifs is 1. The maximum Gasteiger partial charge on any atom is 0.280 e. The third-order valence-corrected chi connectivity index (χ3v) is 5.64. The van der Waals surface area contributed by atoms with Gasteiger partial charge in [0.1, 0.15) is 17.4 Å². The zero-order chi connectivity index (χ0) is 23.5. The Labute approximate surface area is 196 Å². The SMILES string of the molecule is Cc1nn(CC(=O)NCCc2ccccc2)c(=O)c2c(-n3cccc3)n(-c3ccccc3)nc12. The molecule has 34 heavy (non-hydrogen) atoms. The molecular formula is C26H24N6O2. The Bertz CT molecular complexity index is 1490. The van der Waals surface area contributed by atoms with Crippen molar-refractivity contribution in [1.82, 2.24) is 29.4 Å². The molecule has 5 aromatic rings. The number of carbonyl (C=O) groups excluding carboxylic acids is 1. The highest BCUT2D eigenvalue weighted by Crippen LogP contribution is 2.24. The van der Waals surface area contributed by atoms with Gasteiger partial charge in [-0.3, -0.25) is 9.59 Å². The summed E-state index contributed by atoms with van der Waals surface area (Å²) in [6.45, 7) is 2.12. The van der Waals surface area contributed by atoms with Gasteiger partial charge in [-0.05, 0) is 43.2 Å². The Morgan fingerprint density at radius 3 is 2.29 bits per heavy atom. The van der Waals surface area contributed by atoms with E-state index in [9.17, 15) is 9.59 Å². The topological polar surface area (TPSA) is 86.7 Å². The van der Waals surface area contributed by atoms with Crippen LogP contribution < -0.4 is 10.9 Å². The molecule has 5 rings (SSSR count). The molecule has 0 saturated carbocycles. The summed E-state index contributed by atoms with van der Waals surface area (Å²) in [6, 6.07) is 23.3. The minimum atomic E-state index is -0.357. The van der Waals surface area contributed by atoms with Gasteiger partial charge < -0.3 is 9.88 Å². The number of para-hydroxylation sites is 1. The summed E-state index contributed by atoms with van der Waals surface area (Å²) in [5, 5.41) is 12.4. The van der Waals surface area contributed by atoms with Gasteiger partial charge in [0.2, 0.25) is 5.91 Å². The van der Waals surface area contributed by atoms with Crippen molar-refractivity contribution in [3.63, 3.8) is 0 Å². The summed E-state index contributed by atoms with van der Waals surface area (Å²) in [4.78, 5) is 26.1. The van der Waals surface area contributed by atoms with Crippen LogP contribution in [0.1, 0.15) is 11.3 Å². The maximum absolute atomic E-state index is 13.5. The molecule has 0 radical (unpaired) electrons. The number of aromatic nitrogens is 5. The van der Waals surface area contributed by atoms with Crippen LogP contribution in [0.15, 0.2) is 90.0 Å². The van der Waals surface area contributed by atoms with Crippen molar-refractivity contribution in [2.75, 3.05) is 6.54 Å². The summed E-state index contributed by atoms with van der Waals surface area (Å²) >= 11 is 0. The molecule has 0 bridgehead atoms. The van der Waals surface area contributed by atoms with Crippen LogP contribution in [0.3, 0.4) is 0 Å². The molecule has 170 valence electrons. The van der Waals surface area contributed by atoms with Crippen LogP contribution in [0.25, 0.3) is 22.4 Å². The first-order valence-electron chi connectivity index (χ1n) is 11.1. The lowest BCUT2D eigenvalue weighted by Gasteiger charge is -2.10. The predicted octanol–water partition coefficient (Wildman–Crippen LogP) is 3.04. The van der Waals surface area contributed by atoms with Crippen molar-refractivity contribution < 1.29 is 4.79 Å². The third kappa shape index (κ3) is 4.13. The molecule has 0 fully saturated rings. The zero-order valence-electron chi connectivity index (χ0n) is 18.8. The van der Waals surface area contributed by atoms with Gasteiger partial charge in [-0.1, -0.05) is 48.5 Å². The van der Waals surface area contributed by atoms with Crippen molar-refractivity contribution in [3.05, 3.63) is 107 Å². The highest BCUT2D eigenvalue weighted by atomic mass is 16.2. The average Bonchev–Trinajstić information content (AvgIpc) is 3.52. The van der Waals surface area contributed by atoms with Crippen molar-refractivity contribution in [2.24, 2.45) is 0 Å². The van der Waals surface area contributed by atoms with Crippen LogP contribution in [0.2, 0.25) is 0 Å². The van der Waals surface area contributed by atoms with Gasteiger partial charge in [-0.15, -0.1) is 0 Å². The van der Waals surface area contributed by atoms with Crippen LogP contribution in [-0.2, 0) is 17.8 Å². The van der Waals surface area contributed by atoms with Gasteiger partial charge in [-0.2, -0.15) is 10.2 Å². The monoisotopic (exact) mass is 452 g/mol. The molecule has 8 nitrogen and oxygen atoms in total. The minimum absolute atomic E-state index is 0.161. The first kappa shape index (κ1) is 21.4. The van der Waals surface area contributed by atoms with E-state index in [4.69, 9.17) is 5.10 Å². The van der Waals surface area contributed by atoms with Gasteiger partial charge in [0, 0.05) is 18.9 Å². The summed E-state index contributed by atoms with van der Waals surface area (Å²) in [6.07, 6.45) is 4.45. The van der Waals surface area contributed by atoms with Gasteiger partial charge in [0.25, 0.3) is 5.56 Å². The summed E-state index contributed by atoms with van der Waals surface area (Å²) in [5.41, 5.74) is 2.70. The second kappa shape index (κ2) is 9.19. The van der Waals surface area contributed by atoms with E-state index in [1.54, 1.807) is 11.6 Å². The molecule has 0 aliphatic rings. The van der Waals surface area contributed by atoms with E-state index in [0.29, 0.717) is 35.4 Å². The molecular weight excluding hydrogens is 428 g/mol. The van der Waals surface area contributed by atoms with Crippen LogP contribution in [-0.4, -0.2) is 36.6 Å². The van der Waals surface area contributed by atoms with E-state index in [1.807, 2.05) is 89.8 Å². The number of rotatable bonds is 7. The largest absolute Gasteiger partial charge is 0.354 e. The number of hydrogen-bond donors (Lipinski definition) is 1. The van der Waals surface area contributed by atoms with E-state index in [-0.39, 0.29) is 18.0 Å². The number of amides is 1. The average molecular weight is 453 g/mol. The number of hydrogen-bond acceptors (Lipinski definition) is 4. The van der Waals surface area contributed by atoms with Gasteiger partial charge in [0.05, 0.1) is 11.4 Å². The fraction of sp³-hybridized carbons (Fsp3) is 0.154. The second-order valence-electron chi connectivity index (χ2n) is 8.02. The molecule has 0 unspecified atom stereocenters. The number of benzene rings is 2. The normalized spacial score (nSPS) is 11.1. The molecule has 8 heteroatoms. The number of nitrogens with one attached hydrogen (secondary N) is 1. The smallest absolute Gasteiger partial charge is 0.280 e. The van der Waals surface area contributed by atoms with Gasteiger partial charge in [0.15, 0.2) is 5.82 Å². The first-order chi connectivity index (χ1) is 16.6. The molecule has 0 aliphatic heterocycles. The lowest BCUT2D eigenvalue weighted by molar-refractivity contribution is -0.121. The molecule has 3 heterocycles. The predicted molar refractivity (Wildman–Crippen MR) is 130 cm³/mol. The number of aryl methyl sites for hydroxylation is 1. The van der Waals surface area contributed by atoms with Gasteiger partial charge in [-0.25, -0.2) is 9.36 Å². The third-order valence-electron chi connectivity index (χ3n) is 5.64. The summed E-state index contributed by atoms with van der Waals surface area (Å²) < 4.78 is 4.82. The van der Waals surface area contributed by atoms with E-state index >= 15 is 0 Å². The van der Waals surface area contributed by atoms with E-state index in [2.05, 4.69) is 10.4 Å². The first-order valence-corrected chi connectivity index (χ1v) is 11.1. The zero-order valence-corrected chi connectivity index (χ0v) is 18.8. The summed E-state index contributed by atoms with van der Waals surface area (Å²) in [7, 11) is 0. The molecule has 0 atom stereocenters. The fourth-order valence-corrected chi connectivity index (χ4v) is 4.02. The quantitative estimate of drug-likeness (QED) is 0.411. The summed E-state index contributed by atoms with van der Waals surface area (Å²) in [5.74, 6) is 0.349. The van der Waals surface area contributed by atoms with Crippen LogP contribution in [0.5, 0.6) is 0 Å². The van der Waals surface area contributed by atoms with E-state index in [1.165, 1.54) is 4.68 Å². The maximum atomic E-state index is 13.5. The van der Waals surface area contributed by atoms with Crippen molar-refractivity contribution in [2.45, 2.75) is 19.9 Å². The lowest BCUT2D eigenvalue weighted by atomic mass is 10.1. The Hall–Kier alpha value is -4.46. The Morgan fingerprint density at radius 2 is 1.59 bits per heavy atom. The highest BCUT2D eigenvalue weighted by Gasteiger charge is 2.22. The highest BCUT2D eigenvalue weighted by molar-refractivity contribution is 5.88. The van der Waals surface area contributed by atoms with Crippen molar-refractivity contribution >= 4 is 16.8 Å². The molecule has 3 aromatic heterocycles. The number of carbonyl (C=O) groups is 1. The van der Waals surface area contributed by atoms with Crippen molar-refractivity contribution in [3.8, 4) is 11.5 Å². The van der Waals surface area contributed by atoms with Crippen LogP contribution in [0.4, 0.5) is 0 Å². The van der Waals surface area contributed by atoms with Gasteiger partial charge >= 0.3 is 0 Å². The lowest BCUT2D eigenvalue weighted by Crippen LogP contribution is -2.35. The fourth-order valence-electron chi connectivity index (χ4n) is 4.02. The second-order valence-corrected chi connectivity index (χ2v) is 8.02. The molecule has 0 saturated heterocycles. The van der Waals surface area contributed by atoms with E-state index < -0.39 is 0 Å². The molecule has 0 aliphatic carbocycles. The minimum Gasteiger partial charge on any atom is -0.354 e. The van der Waals surface area contributed by atoms with Crippen LogP contribution >= 0.6 is 0 Å². The van der Waals surface area contributed by atoms with E-state index in [0.717, 1.165) is 11.3 Å². The molecule has 1 N–H and O–H groups in total. The number of nitrogens with zero attached hydrogens (tertiary/aromatic N) is 5. The Balaban J connectivity index is 1.50. The standard InChI is InChI=1S/C26H24N6O2/c1-19-24-23(25(30-16-8-9-17-30)32(29-24)21-12-6-3-7-13-21)26(34)31(28-19)18-22(33)27-15-14-20-10-4-2-5-11-20/h2-13,16-17H,14-15,18H2,1H3,(H,27,33). The van der Waals surface area contributed by atoms with Crippen LogP contribution in [0, 0.1) is 6.92 Å². The Kier molecular flexibility index (Phi) is 5.78. The molecule has 2 aromatic carbocycles. The van der Waals surface area contributed by atoms with Crippen molar-refractivity contribution in [1.29, 1.82) is 0 Å². The molecule has 1 amide bonds. The Morgan fingerprint density at radius 1 is 0.912 bits per heavy atom.